The highest BCUT2D eigenvalue weighted by Crippen LogP contribution is 2.17. The van der Waals surface area contributed by atoms with Gasteiger partial charge in [0.2, 0.25) is 0 Å². The number of rotatable bonds is 5. The summed E-state index contributed by atoms with van der Waals surface area (Å²) in [4.78, 5) is 10.1. The average molecular weight is 235 g/mol. The maximum absolute atomic E-state index is 10.5. The van der Waals surface area contributed by atoms with Crippen LogP contribution in [0, 0.1) is 10.1 Å². The molecule has 2 rings (SSSR count). The molecular formula is C12H17N3O2. The number of nitrogens with one attached hydrogen (secondary N) is 1. The van der Waals surface area contributed by atoms with Gasteiger partial charge in [-0.05, 0) is 31.4 Å². The molecule has 0 saturated heterocycles. The Labute approximate surface area is 100 Å². The lowest BCUT2D eigenvalue weighted by atomic mass is 9.87. The molecule has 0 bridgehead atoms. The highest BCUT2D eigenvalue weighted by Gasteiger charge is 2.24. The molecule has 1 aromatic rings. The Bertz CT molecular complexity index is 385. The summed E-state index contributed by atoms with van der Waals surface area (Å²) in [5, 5.41) is 13.9. The lowest BCUT2D eigenvalue weighted by Crippen LogP contribution is -2.48. The monoisotopic (exact) mass is 235 g/mol. The first-order valence-electron chi connectivity index (χ1n) is 5.87. The van der Waals surface area contributed by atoms with Crippen molar-refractivity contribution in [1.29, 1.82) is 0 Å². The molecule has 0 aromatic heterocycles. The predicted molar refractivity (Wildman–Crippen MR) is 65.8 cm³/mol. The fourth-order valence-electron chi connectivity index (χ4n) is 2.03. The van der Waals surface area contributed by atoms with Gasteiger partial charge < -0.3 is 11.1 Å². The van der Waals surface area contributed by atoms with Gasteiger partial charge in [-0.15, -0.1) is 0 Å². The number of hydrogen-bond donors (Lipinski definition) is 2. The van der Waals surface area contributed by atoms with Gasteiger partial charge in [-0.2, -0.15) is 0 Å². The van der Waals surface area contributed by atoms with E-state index in [0.29, 0.717) is 12.1 Å². The van der Waals surface area contributed by atoms with Crippen LogP contribution in [0.2, 0.25) is 0 Å². The highest BCUT2D eigenvalue weighted by molar-refractivity contribution is 5.32. The molecule has 1 aromatic carbocycles. The maximum Gasteiger partial charge on any atom is 0.269 e. The Balaban J connectivity index is 1.73. The second-order valence-corrected chi connectivity index (χ2v) is 4.56. The average Bonchev–Trinajstić information content (AvgIpc) is 2.27. The third-order valence-corrected chi connectivity index (χ3v) is 3.17. The Hall–Kier alpha value is -1.46. The SMILES string of the molecule is NC1CC(NCCc2ccc([N+](=O)[O-])cc2)C1. The molecule has 0 spiro atoms. The Morgan fingerprint density at radius 3 is 2.53 bits per heavy atom. The summed E-state index contributed by atoms with van der Waals surface area (Å²) >= 11 is 0. The number of non-ortho nitro benzene ring substituents is 1. The van der Waals surface area contributed by atoms with Crippen LogP contribution in [0.5, 0.6) is 0 Å². The van der Waals surface area contributed by atoms with Crippen molar-refractivity contribution in [2.24, 2.45) is 5.73 Å². The first-order valence-corrected chi connectivity index (χ1v) is 5.87. The van der Waals surface area contributed by atoms with Gasteiger partial charge in [-0.3, -0.25) is 10.1 Å². The van der Waals surface area contributed by atoms with E-state index in [-0.39, 0.29) is 10.6 Å². The lowest BCUT2D eigenvalue weighted by Gasteiger charge is -2.33. The summed E-state index contributed by atoms with van der Waals surface area (Å²) in [5.41, 5.74) is 6.96. The van der Waals surface area contributed by atoms with Crippen LogP contribution in [0.1, 0.15) is 18.4 Å². The van der Waals surface area contributed by atoms with Crippen LogP contribution >= 0.6 is 0 Å². The summed E-state index contributed by atoms with van der Waals surface area (Å²) in [6.07, 6.45) is 3.00. The van der Waals surface area contributed by atoms with E-state index < -0.39 is 0 Å². The summed E-state index contributed by atoms with van der Waals surface area (Å²) in [6, 6.07) is 7.65. The van der Waals surface area contributed by atoms with E-state index in [1.54, 1.807) is 12.1 Å². The molecule has 0 atom stereocenters. The minimum atomic E-state index is -0.377. The molecule has 0 unspecified atom stereocenters. The van der Waals surface area contributed by atoms with Gasteiger partial charge in [-0.25, -0.2) is 0 Å². The van der Waals surface area contributed by atoms with Gasteiger partial charge in [0.25, 0.3) is 5.69 Å². The van der Waals surface area contributed by atoms with Gasteiger partial charge in [0.05, 0.1) is 4.92 Å². The van der Waals surface area contributed by atoms with Crippen LogP contribution in [0.3, 0.4) is 0 Å². The quantitative estimate of drug-likeness (QED) is 0.594. The topological polar surface area (TPSA) is 81.2 Å². The number of hydrogen-bond acceptors (Lipinski definition) is 4. The number of nitro groups is 1. The van der Waals surface area contributed by atoms with Gasteiger partial charge >= 0.3 is 0 Å². The molecule has 1 saturated carbocycles. The first kappa shape index (κ1) is 12.0. The van der Waals surface area contributed by atoms with Crippen molar-refractivity contribution in [3.63, 3.8) is 0 Å². The molecule has 17 heavy (non-hydrogen) atoms. The van der Waals surface area contributed by atoms with Crippen molar-refractivity contribution in [2.45, 2.75) is 31.3 Å². The Morgan fingerprint density at radius 2 is 2.00 bits per heavy atom. The molecule has 92 valence electrons. The van der Waals surface area contributed by atoms with Crippen molar-refractivity contribution in [2.75, 3.05) is 6.54 Å². The fourth-order valence-corrected chi connectivity index (χ4v) is 2.03. The summed E-state index contributed by atoms with van der Waals surface area (Å²) in [6.45, 7) is 0.898. The van der Waals surface area contributed by atoms with E-state index in [1.165, 1.54) is 0 Å². The van der Waals surface area contributed by atoms with E-state index in [2.05, 4.69) is 5.32 Å². The van der Waals surface area contributed by atoms with Crippen LogP contribution < -0.4 is 11.1 Å². The van der Waals surface area contributed by atoms with Crippen LogP contribution in [0.25, 0.3) is 0 Å². The molecule has 5 nitrogen and oxygen atoms in total. The molecule has 1 aliphatic rings. The van der Waals surface area contributed by atoms with Gasteiger partial charge in [0, 0.05) is 24.2 Å². The summed E-state index contributed by atoms with van der Waals surface area (Å²) < 4.78 is 0. The van der Waals surface area contributed by atoms with E-state index >= 15 is 0 Å². The Morgan fingerprint density at radius 1 is 1.35 bits per heavy atom. The minimum absolute atomic E-state index is 0.145. The molecule has 0 radical (unpaired) electrons. The zero-order chi connectivity index (χ0) is 12.3. The molecule has 0 aliphatic heterocycles. The zero-order valence-electron chi connectivity index (χ0n) is 9.63. The molecule has 5 heteroatoms. The number of benzene rings is 1. The number of nitrogens with two attached hydrogens (primary N) is 1. The van der Waals surface area contributed by atoms with E-state index in [4.69, 9.17) is 5.73 Å². The predicted octanol–water partition coefficient (Wildman–Crippen LogP) is 1.22. The zero-order valence-corrected chi connectivity index (χ0v) is 9.63. The second kappa shape index (κ2) is 5.25. The minimum Gasteiger partial charge on any atom is -0.328 e. The largest absolute Gasteiger partial charge is 0.328 e. The number of nitro benzene ring substituents is 1. The van der Waals surface area contributed by atoms with Crippen molar-refractivity contribution in [1.82, 2.24) is 5.32 Å². The number of nitrogens with zero attached hydrogens (tertiary/aromatic N) is 1. The molecule has 0 heterocycles. The molecule has 1 fully saturated rings. The van der Waals surface area contributed by atoms with Gasteiger partial charge in [0.15, 0.2) is 0 Å². The normalized spacial score (nSPS) is 23.1. The van der Waals surface area contributed by atoms with Crippen LogP contribution in [-0.2, 0) is 6.42 Å². The van der Waals surface area contributed by atoms with Crippen LogP contribution in [0.4, 0.5) is 5.69 Å². The fraction of sp³-hybridized carbons (Fsp3) is 0.500. The Kier molecular flexibility index (Phi) is 3.71. The van der Waals surface area contributed by atoms with Crippen molar-refractivity contribution in [3.8, 4) is 0 Å². The van der Waals surface area contributed by atoms with Gasteiger partial charge in [-0.1, -0.05) is 12.1 Å². The van der Waals surface area contributed by atoms with E-state index in [9.17, 15) is 10.1 Å². The summed E-state index contributed by atoms with van der Waals surface area (Å²) in [7, 11) is 0. The third-order valence-electron chi connectivity index (χ3n) is 3.17. The lowest BCUT2D eigenvalue weighted by molar-refractivity contribution is -0.384. The molecular weight excluding hydrogens is 218 g/mol. The van der Waals surface area contributed by atoms with Crippen molar-refractivity contribution < 1.29 is 4.92 Å². The van der Waals surface area contributed by atoms with E-state index in [0.717, 1.165) is 31.4 Å². The van der Waals surface area contributed by atoms with E-state index in [1.807, 2.05) is 12.1 Å². The van der Waals surface area contributed by atoms with Crippen LogP contribution in [0.15, 0.2) is 24.3 Å². The highest BCUT2D eigenvalue weighted by atomic mass is 16.6. The molecule has 3 N–H and O–H groups in total. The first-order chi connectivity index (χ1) is 8.15. The smallest absolute Gasteiger partial charge is 0.269 e. The maximum atomic E-state index is 10.5. The van der Waals surface area contributed by atoms with Crippen molar-refractivity contribution >= 4 is 5.69 Å². The second-order valence-electron chi connectivity index (χ2n) is 4.56. The third kappa shape index (κ3) is 3.25. The van der Waals surface area contributed by atoms with Crippen molar-refractivity contribution in [3.05, 3.63) is 39.9 Å². The molecule has 0 amide bonds. The van der Waals surface area contributed by atoms with Crippen LogP contribution in [-0.4, -0.2) is 23.6 Å². The van der Waals surface area contributed by atoms with Gasteiger partial charge in [0.1, 0.15) is 0 Å². The molecule has 1 aliphatic carbocycles. The summed E-state index contributed by atoms with van der Waals surface area (Å²) in [5.74, 6) is 0. The standard InChI is InChI=1S/C12H17N3O2/c13-10-7-11(8-10)14-6-5-9-1-3-12(4-2-9)15(16)17/h1-4,10-11,14H,5-8,13H2.